The molecule has 0 bridgehead atoms. The van der Waals surface area contributed by atoms with E-state index in [1.807, 2.05) is 0 Å². The van der Waals surface area contributed by atoms with Crippen LogP contribution in [0.25, 0.3) is 55.3 Å². The van der Waals surface area contributed by atoms with E-state index in [4.69, 9.17) is 0 Å². The summed E-state index contributed by atoms with van der Waals surface area (Å²) in [5, 5.41) is 2.60. The molecule has 3 aliphatic carbocycles. The first-order chi connectivity index (χ1) is 32.3. The highest BCUT2D eigenvalue weighted by Gasteiger charge is 2.47. The molecule has 0 aromatic heterocycles. The zero-order valence-electron chi connectivity index (χ0n) is 37.8. The summed E-state index contributed by atoms with van der Waals surface area (Å²) in [5.41, 5.74) is 23.5. The van der Waals surface area contributed by atoms with E-state index in [1.54, 1.807) is 0 Å². The molecule has 0 radical (unpaired) electrons. The molecule has 0 aliphatic heterocycles. The molecule has 13 rings (SSSR count). The van der Waals surface area contributed by atoms with Crippen molar-refractivity contribution in [2.24, 2.45) is 0 Å². The van der Waals surface area contributed by atoms with E-state index >= 15 is 0 Å². The Morgan fingerprint density at radius 3 is 1.41 bits per heavy atom. The van der Waals surface area contributed by atoms with Crippen molar-refractivity contribution in [3.63, 3.8) is 0 Å². The van der Waals surface area contributed by atoms with Crippen molar-refractivity contribution in [3.05, 3.63) is 269 Å². The van der Waals surface area contributed by atoms with Gasteiger partial charge in [-0.05, 0) is 142 Å². The van der Waals surface area contributed by atoms with Crippen LogP contribution in [0.3, 0.4) is 0 Å². The van der Waals surface area contributed by atoms with Crippen LogP contribution in [0.2, 0.25) is 0 Å². The standard InChI is InChI=1S/C65H49N/c1-63(2)56-30-18-16-28-50(56)52-35-32-46(39-58(52)63)66(47-34-37-54-59(40-47)64(3,4)62-49-27-15-14-22-43(49)38-55(61(54)62)42-20-8-5-9-21-42)48-33-36-53-51-29-17-19-31-57(51)65(60(53)41-48,44-23-10-6-11-24-44)45-25-12-7-13-26-45/h5-41H,1-4H3. The number of hydrogen-bond acceptors (Lipinski definition) is 1. The lowest BCUT2D eigenvalue weighted by Crippen LogP contribution is -2.28. The van der Waals surface area contributed by atoms with Crippen LogP contribution in [0.4, 0.5) is 17.1 Å². The molecular formula is C65H49N. The lowest BCUT2D eigenvalue weighted by atomic mass is 9.67. The highest BCUT2D eigenvalue weighted by molar-refractivity contribution is 6.05. The molecule has 0 spiro atoms. The van der Waals surface area contributed by atoms with Crippen LogP contribution >= 0.6 is 0 Å². The number of hydrogen-bond donors (Lipinski definition) is 0. The number of fused-ring (bicyclic) bond motifs is 11. The van der Waals surface area contributed by atoms with E-state index in [0.29, 0.717) is 0 Å². The van der Waals surface area contributed by atoms with Gasteiger partial charge < -0.3 is 4.90 Å². The van der Waals surface area contributed by atoms with Crippen LogP contribution in [0.1, 0.15) is 72.2 Å². The SMILES string of the molecule is CC1(C)c2ccccc2-c2ccc(N(c3ccc4c(c3)C(C)(C)c3c-4c(-c4ccccc4)cc4ccccc34)c3ccc4c(c3)C(c3ccccc3)(c3ccccc3)c3ccccc3-4)cc21. The molecule has 0 saturated heterocycles. The van der Waals surface area contributed by atoms with Gasteiger partial charge in [0.05, 0.1) is 5.41 Å². The quantitative estimate of drug-likeness (QED) is 0.161. The van der Waals surface area contributed by atoms with Gasteiger partial charge in [0.25, 0.3) is 0 Å². The molecular weight excluding hydrogens is 795 g/mol. The fourth-order valence-electron chi connectivity index (χ4n) is 12.5. The van der Waals surface area contributed by atoms with Gasteiger partial charge in [-0.1, -0.05) is 210 Å². The van der Waals surface area contributed by atoms with Crippen LogP contribution in [-0.4, -0.2) is 0 Å². The first-order valence-corrected chi connectivity index (χ1v) is 23.4. The van der Waals surface area contributed by atoms with Crippen molar-refractivity contribution in [3.8, 4) is 44.5 Å². The van der Waals surface area contributed by atoms with Gasteiger partial charge in [0.1, 0.15) is 0 Å². The molecule has 314 valence electrons. The van der Waals surface area contributed by atoms with E-state index in [1.165, 1.54) is 99.8 Å². The lowest BCUT2D eigenvalue weighted by molar-refractivity contribution is 0.660. The molecule has 66 heavy (non-hydrogen) atoms. The minimum absolute atomic E-state index is 0.153. The smallest absolute Gasteiger partial charge is 0.0714 e. The Labute approximate surface area is 388 Å². The average Bonchev–Trinajstić information content (AvgIpc) is 3.89. The van der Waals surface area contributed by atoms with Crippen LogP contribution in [0.15, 0.2) is 224 Å². The second-order valence-electron chi connectivity index (χ2n) is 19.6. The Bertz CT molecular complexity index is 3540. The fraction of sp³-hybridized carbons (Fsp3) is 0.108. The molecule has 0 atom stereocenters. The van der Waals surface area contributed by atoms with Crippen molar-refractivity contribution < 1.29 is 0 Å². The third-order valence-electron chi connectivity index (χ3n) is 15.5. The van der Waals surface area contributed by atoms with Gasteiger partial charge in [-0.2, -0.15) is 0 Å². The molecule has 0 amide bonds. The molecule has 1 heteroatoms. The number of anilines is 3. The minimum Gasteiger partial charge on any atom is -0.310 e. The van der Waals surface area contributed by atoms with Crippen molar-refractivity contribution in [1.82, 2.24) is 0 Å². The van der Waals surface area contributed by atoms with Crippen LogP contribution in [0, 0.1) is 0 Å². The highest BCUT2D eigenvalue weighted by Crippen LogP contribution is 2.60. The van der Waals surface area contributed by atoms with Crippen LogP contribution < -0.4 is 4.90 Å². The Hall–Kier alpha value is -7.74. The maximum atomic E-state index is 2.54. The Morgan fingerprint density at radius 1 is 0.318 bits per heavy atom. The van der Waals surface area contributed by atoms with Gasteiger partial charge in [-0.25, -0.2) is 0 Å². The fourth-order valence-corrected chi connectivity index (χ4v) is 12.5. The number of rotatable bonds is 6. The first-order valence-electron chi connectivity index (χ1n) is 23.4. The first kappa shape index (κ1) is 38.7. The van der Waals surface area contributed by atoms with Crippen molar-refractivity contribution in [2.45, 2.75) is 43.9 Å². The average molecular weight is 844 g/mol. The van der Waals surface area contributed by atoms with Gasteiger partial charge in [-0.3, -0.25) is 0 Å². The van der Waals surface area contributed by atoms with E-state index in [-0.39, 0.29) is 10.8 Å². The van der Waals surface area contributed by atoms with E-state index in [0.717, 1.165) is 17.1 Å². The molecule has 0 N–H and O–H groups in total. The zero-order valence-corrected chi connectivity index (χ0v) is 37.8. The maximum absolute atomic E-state index is 2.54. The lowest BCUT2D eigenvalue weighted by Gasteiger charge is -2.35. The summed E-state index contributed by atoms with van der Waals surface area (Å²) in [6.07, 6.45) is 0. The van der Waals surface area contributed by atoms with Gasteiger partial charge in [0.2, 0.25) is 0 Å². The molecule has 1 nitrogen and oxygen atoms in total. The van der Waals surface area contributed by atoms with Crippen molar-refractivity contribution in [2.75, 3.05) is 4.90 Å². The third kappa shape index (κ3) is 5.29. The molecule has 0 fully saturated rings. The summed E-state index contributed by atoms with van der Waals surface area (Å²) >= 11 is 0. The van der Waals surface area contributed by atoms with Gasteiger partial charge in [-0.15, -0.1) is 0 Å². The second-order valence-corrected chi connectivity index (χ2v) is 19.6. The van der Waals surface area contributed by atoms with Crippen molar-refractivity contribution >= 4 is 27.8 Å². The second kappa shape index (κ2) is 14.1. The molecule has 3 aliphatic rings. The Kier molecular flexibility index (Phi) is 8.28. The van der Waals surface area contributed by atoms with Gasteiger partial charge in [0.15, 0.2) is 0 Å². The van der Waals surface area contributed by atoms with Gasteiger partial charge >= 0.3 is 0 Å². The third-order valence-corrected chi connectivity index (χ3v) is 15.5. The highest BCUT2D eigenvalue weighted by atomic mass is 15.1. The Morgan fingerprint density at radius 2 is 0.773 bits per heavy atom. The van der Waals surface area contributed by atoms with E-state index in [9.17, 15) is 0 Å². The molecule has 10 aromatic rings. The van der Waals surface area contributed by atoms with Crippen LogP contribution in [0.5, 0.6) is 0 Å². The Balaban J connectivity index is 1.07. The summed E-state index contributed by atoms with van der Waals surface area (Å²) < 4.78 is 0. The number of nitrogens with zero attached hydrogens (tertiary/aromatic N) is 1. The summed E-state index contributed by atoms with van der Waals surface area (Å²) in [7, 11) is 0. The molecule has 0 heterocycles. The predicted octanol–water partition coefficient (Wildman–Crippen LogP) is 17.0. The van der Waals surface area contributed by atoms with E-state index < -0.39 is 5.41 Å². The normalized spacial score (nSPS) is 15.0. The van der Waals surface area contributed by atoms with E-state index in [2.05, 4.69) is 257 Å². The maximum Gasteiger partial charge on any atom is 0.0714 e. The zero-order chi connectivity index (χ0) is 44.4. The van der Waals surface area contributed by atoms with Gasteiger partial charge in [0, 0.05) is 27.9 Å². The summed E-state index contributed by atoms with van der Waals surface area (Å²) in [5.74, 6) is 0. The molecule has 0 unspecified atom stereocenters. The summed E-state index contributed by atoms with van der Waals surface area (Å²) in [4.78, 5) is 2.54. The minimum atomic E-state index is -0.520. The van der Waals surface area contributed by atoms with Crippen molar-refractivity contribution in [1.29, 1.82) is 0 Å². The summed E-state index contributed by atoms with van der Waals surface area (Å²) in [6.45, 7) is 9.64. The predicted molar refractivity (Wildman–Crippen MR) is 276 cm³/mol. The summed E-state index contributed by atoms with van der Waals surface area (Å²) in [6, 6.07) is 84.4. The molecule has 0 saturated carbocycles. The number of benzene rings is 10. The van der Waals surface area contributed by atoms with Crippen LogP contribution in [-0.2, 0) is 16.2 Å². The monoisotopic (exact) mass is 843 g/mol. The molecule has 10 aromatic carbocycles. The largest absolute Gasteiger partial charge is 0.310 e. The topological polar surface area (TPSA) is 3.24 Å².